The van der Waals surface area contributed by atoms with Gasteiger partial charge in [-0.15, -0.1) is 0 Å². The summed E-state index contributed by atoms with van der Waals surface area (Å²) in [5, 5.41) is 9.09. The van der Waals surface area contributed by atoms with Gasteiger partial charge in [0.1, 0.15) is 0 Å². The molecule has 0 radical (unpaired) electrons. The molecule has 1 aliphatic heterocycles. The summed E-state index contributed by atoms with van der Waals surface area (Å²) < 4.78 is 0. The Labute approximate surface area is 141 Å². The van der Waals surface area contributed by atoms with Crippen LogP contribution in [0.4, 0.5) is 5.69 Å². The molecular formula is C18H22N2O4. The minimum absolute atomic E-state index is 0.115. The topological polar surface area (TPSA) is 77.9 Å². The van der Waals surface area contributed by atoms with Gasteiger partial charge in [-0.25, -0.2) is 0 Å². The van der Waals surface area contributed by atoms with Gasteiger partial charge in [-0.05, 0) is 43.5 Å². The Hall–Kier alpha value is -2.37. The lowest BCUT2D eigenvalue weighted by molar-refractivity contribution is -0.141. The Morgan fingerprint density at radius 2 is 1.96 bits per heavy atom. The van der Waals surface area contributed by atoms with Crippen LogP contribution in [0, 0.1) is 5.92 Å². The van der Waals surface area contributed by atoms with E-state index in [0.29, 0.717) is 12.0 Å². The molecule has 6 heteroatoms. The quantitative estimate of drug-likeness (QED) is 0.867. The molecule has 1 saturated heterocycles. The maximum absolute atomic E-state index is 12.7. The van der Waals surface area contributed by atoms with Crippen LogP contribution in [0.5, 0.6) is 0 Å². The normalized spacial score (nSPS) is 18.5. The van der Waals surface area contributed by atoms with Gasteiger partial charge in [0.25, 0.3) is 5.91 Å². The fourth-order valence-corrected chi connectivity index (χ4v) is 3.03. The SMILES string of the molecule is CC(CN(C(=O)c1ccc(N2CCCC2=O)cc1)C1CC1)C(=O)O. The van der Waals surface area contributed by atoms with Gasteiger partial charge in [-0.3, -0.25) is 14.4 Å². The van der Waals surface area contributed by atoms with E-state index >= 15 is 0 Å². The van der Waals surface area contributed by atoms with Crippen molar-refractivity contribution in [3.05, 3.63) is 29.8 Å². The van der Waals surface area contributed by atoms with Crippen LogP contribution in [0.2, 0.25) is 0 Å². The van der Waals surface area contributed by atoms with Crippen LogP contribution >= 0.6 is 0 Å². The fraction of sp³-hybridized carbons (Fsp3) is 0.500. The molecule has 1 heterocycles. The van der Waals surface area contributed by atoms with E-state index in [0.717, 1.165) is 31.5 Å². The van der Waals surface area contributed by atoms with Crippen molar-refractivity contribution in [2.45, 2.75) is 38.6 Å². The second kappa shape index (κ2) is 6.63. The summed E-state index contributed by atoms with van der Waals surface area (Å²) in [6.07, 6.45) is 3.29. The molecule has 1 aliphatic carbocycles. The molecule has 1 aromatic rings. The minimum atomic E-state index is -0.892. The van der Waals surface area contributed by atoms with E-state index in [1.165, 1.54) is 0 Å². The summed E-state index contributed by atoms with van der Waals surface area (Å²) in [4.78, 5) is 39.0. The van der Waals surface area contributed by atoms with Gasteiger partial charge in [-0.1, -0.05) is 6.92 Å². The molecule has 1 atom stereocenters. The van der Waals surface area contributed by atoms with Gasteiger partial charge in [0.15, 0.2) is 0 Å². The number of amides is 2. The molecule has 1 N–H and O–H groups in total. The summed E-state index contributed by atoms with van der Waals surface area (Å²) in [6.45, 7) is 2.56. The zero-order valence-electron chi connectivity index (χ0n) is 13.8. The van der Waals surface area contributed by atoms with Crippen LogP contribution in [-0.4, -0.2) is 46.9 Å². The number of carbonyl (C=O) groups is 3. The second-order valence-corrected chi connectivity index (χ2v) is 6.62. The number of nitrogens with zero attached hydrogens (tertiary/aromatic N) is 2. The van der Waals surface area contributed by atoms with Crippen molar-refractivity contribution in [1.82, 2.24) is 4.90 Å². The van der Waals surface area contributed by atoms with E-state index in [1.54, 1.807) is 41.0 Å². The van der Waals surface area contributed by atoms with Crippen LogP contribution in [0.3, 0.4) is 0 Å². The molecule has 2 fully saturated rings. The van der Waals surface area contributed by atoms with E-state index in [-0.39, 0.29) is 24.4 Å². The lowest BCUT2D eigenvalue weighted by Crippen LogP contribution is -2.38. The van der Waals surface area contributed by atoms with Crippen LogP contribution in [0.15, 0.2) is 24.3 Å². The van der Waals surface area contributed by atoms with Crippen molar-refractivity contribution in [2.75, 3.05) is 18.0 Å². The lowest BCUT2D eigenvalue weighted by Gasteiger charge is -2.25. The Bertz CT molecular complexity index is 651. The molecule has 6 nitrogen and oxygen atoms in total. The number of rotatable bonds is 6. The Kier molecular flexibility index (Phi) is 4.55. The average molecular weight is 330 g/mol. The van der Waals surface area contributed by atoms with Gasteiger partial charge < -0.3 is 14.9 Å². The first-order valence-corrected chi connectivity index (χ1v) is 8.41. The second-order valence-electron chi connectivity index (χ2n) is 6.62. The number of aliphatic carboxylic acids is 1. The van der Waals surface area contributed by atoms with Crippen LogP contribution in [-0.2, 0) is 9.59 Å². The first-order valence-electron chi connectivity index (χ1n) is 8.41. The summed E-state index contributed by atoms with van der Waals surface area (Å²) in [5.41, 5.74) is 1.35. The molecule has 0 aromatic heterocycles. The number of carboxylic acid groups (broad SMARTS) is 1. The largest absolute Gasteiger partial charge is 0.481 e. The summed E-state index contributed by atoms with van der Waals surface area (Å²) in [6, 6.07) is 7.19. The third-order valence-corrected chi connectivity index (χ3v) is 4.64. The summed E-state index contributed by atoms with van der Waals surface area (Å²) >= 11 is 0. The van der Waals surface area contributed by atoms with Crippen molar-refractivity contribution < 1.29 is 19.5 Å². The van der Waals surface area contributed by atoms with Gasteiger partial charge in [0.2, 0.25) is 5.91 Å². The molecule has 24 heavy (non-hydrogen) atoms. The highest BCUT2D eigenvalue weighted by atomic mass is 16.4. The van der Waals surface area contributed by atoms with E-state index < -0.39 is 11.9 Å². The van der Waals surface area contributed by atoms with Gasteiger partial charge >= 0.3 is 5.97 Å². The first kappa shape index (κ1) is 16.5. The number of benzene rings is 1. The maximum Gasteiger partial charge on any atom is 0.308 e. The molecular weight excluding hydrogens is 308 g/mol. The van der Waals surface area contributed by atoms with E-state index in [2.05, 4.69) is 0 Å². The predicted molar refractivity (Wildman–Crippen MR) is 88.9 cm³/mol. The van der Waals surface area contributed by atoms with E-state index in [4.69, 9.17) is 5.11 Å². The number of hydrogen-bond acceptors (Lipinski definition) is 3. The maximum atomic E-state index is 12.7. The Balaban J connectivity index is 1.73. The van der Waals surface area contributed by atoms with Crippen molar-refractivity contribution in [2.24, 2.45) is 5.92 Å². The molecule has 128 valence electrons. The Morgan fingerprint density at radius 3 is 2.46 bits per heavy atom. The monoisotopic (exact) mass is 330 g/mol. The van der Waals surface area contributed by atoms with Crippen molar-refractivity contribution in [3.8, 4) is 0 Å². The molecule has 2 aliphatic rings. The van der Waals surface area contributed by atoms with Crippen LogP contribution < -0.4 is 4.90 Å². The zero-order chi connectivity index (χ0) is 17.3. The summed E-state index contributed by atoms with van der Waals surface area (Å²) in [7, 11) is 0. The van der Waals surface area contributed by atoms with E-state index in [9.17, 15) is 14.4 Å². The number of hydrogen-bond donors (Lipinski definition) is 1. The zero-order valence-corrected chi connectivity index (χ0v) is 13.8. The molecule has 1 aromatic carbocycles. The van der Waals surface area contributed by atoms with Crippen LogP contribution in [0.1, 0.15) is 43.0 Å². The van der Waals surface area contributed by atoms with Crippen LogP contribution in [0.25, 0.3) is 0 Å². The predicted octanol–water partition coefficient (Wildman–Crippen LogP) is 2.14. The molecule has 3 rings (SSSR count). The van der Waals surface area contributed by atoms with Crippen molar-refractivity contribution >= 4 is 23.5 Å². The molecule has 0 bridgehead atoms. The Morgan fingerprint density at radius 1 is 1.29 bits per heavy atom. The molecule has 0 spiro atoms. The van der Waals surface area contributed by atoms with Gasteiger partial charge in [0.05, 0.1) is 5.92 Å². The number of carbonyl (C=O) groups excluding carboxylic acids is 2. The number of carboxylic acids is 1. The summed E-state index contributed by atoms with van der Waals surface area (Å²) in [5.74, 6) is -1.50. The van der Waals surface area contributed by atoms with Crippen molar-refractivity contribution in [1.29, 1.82) is 0 Å². The molecule has 2 amide bonds. The first-order chi connectivity index (χ1) is 11.5. The highest BCUT2D eigenvalue weighted by Crippen LogP contribution is 2.30. The minimum Gasteiger partial charge on any atom is -0.481 e. The number of anilines is 1. The highest BCUT2D eigenvalue weighted by Gasteiger charge is 2.35. The average Bonchev–Trinajstić information content (AvgIpc) is 3.32. The smallest absolute Gasteiger partial charge is 0.308 e. The molecule has 1 unspecified atom stereocenters. The third kappa shape index (κ3) is 3.42. The lowest BCUT2D eigenvalue weighted by atomic mass is 10.1. The van der Waals surface area contributed by atoms with Crippen molar-refractivity contribution in [3.63, 3.8) is 0 Å². The third-order valence-electron chi connectivity index (χ3n) is 4.64. The fourth-order valence-electron chi connectivity index (χ4n) is 3.03. The molecule has 1 saturated carbocycles. The van der Waals surface area contributed by atoms with E-state index in [1.807, 2.05) is 0 Å². The van der Waals surface area contributed by atoms with Gasteiger partial charge in [0, 0.05) is 36.8 Å². The van der Waals surface area contributed by atoms with Gasteiger partial charge in [-0.2, -0.15) is 0 Å². The standard InChI is InChI=1S/C18H22N2O4/c1-12(18(23)24)11-20(15-8-9-15)17(22)13-4-6-14(7-5-13)19-10-2-3-16(19)21/h4-7,12,15H,2-3,8-11H2,1H3,(H,23,24). The highest BCUT2D eigenvalue weighted by molar-refractivity contribution is 5.98.